The minimum Gasteiger partial charge on any atom is -0.396 e. The molecular weight excluding hydrogens is 625 g/mol. The van der Waals surface area contributed by atoms with Crippen LogP contribution in [0.1, 0.15) is 0 Å². The number of fused-ring (bicyclic) bond motifs is 1. The molecule has 48 heavy (non-hydrogen) atoms. The molecule has 2 aliphatic rings. The van der Waals surface area contributed by atoms with Crippen LogP contribution in [0.4, 0.5) is 0 Å². The molecule has 8 rings (SSSR count). The van der Waals surface area contributed by atoms with Crippen LogP contribution in [-0.2, 0) is 18.3 Å². The predicted octanol–water partition coefficient (Wildman–Crippen LogP) is 3.89. The number of benzene rings is 6. The number of hydrogen-bond donors (Lipinski definition) is 0. The zero-order valence-electron chi connectivity index (χ0n) is 26.7. The second kappa shape index (κ2) is 13.6. The van der Waals surface area contributed by atoms with Gasteiger partial charge in [-0.3, -0.25) is 0 Å². The van der Waals surface area contributed by atoms with Crippen LogP contribution >= 0.6 is 0 Å². The topological polar surface area (TPSA) is 36.9 Å². The van der Waals surface area contributed by atoms with E-state index < -0.39 is 16.6 Å². The molecule has 0 N–H and O–H groups in total. The molecule has 4 atom stereocenters. The van der Waals surface area contributed by atoms with Crippen LogP contribution < -0.4 is 31.1 Å². The molecular formula is C42H38O4Si2. The first-order valence-electron chi connectivity index (χ1n) is 16.7. The fourth-order valence-corrected chi connectivity index (χ4v) is 15.6. The largest absolute Gasteiger partial charge is 0.396 e. The Morgan fingerprint density at radius 3 is 0.750 bits per heavy atom. The maximum absolute atomic E-state index is 7.55. The van der Waals surface area contributed by atoms with Crippen molar-refractivity contribution in [3.8, 4) is 0 Å². The second-order valence-electron chi connectivity index (χ2n) is 12.5. The van der Waals surface area contributed by atoms with Gasteiger partial charge in [0.15, 0.2) is 0 Å². The van der Waals surface area contributed by atoms with Gasteiger partial charge in [0.05, 0.1) is 25.4 Å². The lowest BCUT2D eigenvalue weighted by molar-refractivity contribution is 0.0164. The van der Waals surface area contributed by atoms with E-state index in [4.69, 9.17) is 18.3 Å². The normalized spacial score (nSPS) is 20.8. The fourth-order valence-electron chi connectivity index (χ4n) is 7.53. The van der Waals surface area contributed by atoms with Crippen molar-refractivity contribution in [3.63, 3.8) is 0 Å². The molecule has 6 aromatic carbocycles. The lowest BCUT2D eigenvalue weighted by Crippen LogP contribution is -2.71. The van der Waals surface area contributed by atoms with Crippen LogP contribution in [0.25, 0.3) is 0 Å². The number of hydrogen-bond acceptors (Lipinski definition) is 4. The third kappa shape index (κ3) is 5.50. The molecule has 2 saturated heterocycles. The maximum Gasteiger partial charge on any atom is 0.288 e. The Bertz CT molecular complexity index is 1560. The molecule has 0 spiro atoms. The molecule has 2 fully saturated rings. The van der Waals surface area contributed by atoms with Crippen molar-refractivity contribution < 1.29 is 18.3 Å². The van der Waals surface area contributed by atoms with Crippen molar-refractivity contribution in [3.05, 3.63) is 182 Å². The average Bonchev–Trinajstić information content (AvgIpc) is 3.77. The Morgan fingerprint density at radius 1 is 0.333 bits per heavy atom. The quantitative estimate of drug-likeness (QED) is 0.165. The van der Waals surface area contributed by atoms with Gasteiger partial charge in [-0.25, -0.2) is 0 Å². The highest BCUT2D eigenvalue weighted by Crippen LogP contribution is 2.33. The van der Waals surface area contributed by atoms with Gasteiger partial charge in [-0.15, -0.1) is 0 Å². The standard InChI is InChI=1S/C42H38O4Si2/c1-7-19-33(20-8-1)47(34-21-9-2-10-22-34,35-23-11-3-12-24-35)45-39-31-43-42-40(32-44-41(39)42)46-48(36-25-13-4-14-26-36,37-27-15-5-16-28-37)38-29-17-6-18-30-38/h1-30,39-42H,31-32H2/t39-,40-,41-,42-/m1/s1. The monoisotopic (exact) mass is 662 g/mol. The van der Waals surface area contributed by atoms with Gasteiger partial charge < -0.3 is 18.3 Å². The highest BCUT2D eigenvalue weighted by molar-refractivity contribution is 7.07. The fraction of sp³-hybridized carbons (Fsp3) is 0.143. The predicted molar refractivity (Wildman–Crippen MR) is 197 cm³/mol. The molecule has 6 heteroatoms. The van der Waals surface area contributed by atoms with Gasteiger partial charge in [-0.2, -0.15) is 0 Å². The minimum atomic E-state index is -2.97. The summed E-state index contributed by atoms with van der Waals surface area (Å²) < 4.78 is 28.5. The van der Waals surface area contributed by atoms with Crippen molar-refractivity contribution in [2.75, 3.05) is 13.2 Å². The molecule has 238 valence electrons. The van der Waals surface area contributed by atoms with Crippen molar-refractivity contribution in [1.82, 2.24) is 0 Å². The average molecular weight is 663 g/mol. The summed E-state index contributed by atoms with van der Waals surface area (Å²) in [5.41, 5.74) is 0. The van der Waals surface area contributed by atoms with E-state index in [9.17, 15) is 0 Å². The van der Waals surface area contributed by atoms with E-state index in [1.54, 1.807) is 0 Å². The molecule has 0 bridgehead atoms. The summed E-state index contributed by atoms with van der Waals surface area (Å²) in [6.07, 6.45) is -1.05. The third-order valence-electron chi connectivity index (χ3n) is 9.70. The van der Waals surface area contributed by atoms with E-state index >= 15 is 0 Å². The van der Waals surface area contributed by atoms with Crippen LogP contribution in [0.3, 0.4) is 0 Å². The Balaban J connectivity index is 1.18. The molecule has 0 radical (unpaired) electrons. The lowest BCUT2D eigenvalue weighted by Gasteiger charge is -2.36. The molecule has 0 aliphatic carbocycles. The first-order chi connectivity index (χ1) is 23.8. The van der Waals surface area contributed by atoms with Crippen molar-refractivity contribution in [2.45, 2.75) is 24.4 Å². The van der Waals surface area contributed by atoms with E-state index in [0.717, 1.165) is 0 Å². The molecule has 4 nitrogen and oxygen atoms in total. The van der Waals surface area contributed by atoms with E-state index in [1.807, 2.05) is 0 Å². The van der Waals surface area contributed by atoms with Crippen LogP contribution in [0.2, 0.25) is 0 Å². The van der Waals surface area contributed by atoms with Gasteiger partial charge in [0.25, 0.3) is 16.6 Å². The summed E-state index contributed by atoms with van der Waals surface area (Å²) >= 11 is 0. The van der Waals surface area contributed by atoms with Crippen LogP contribution in [0, 0.1) is 0 Å². The van der Waals surface area contributed by atoms with E-state index in [1.165, 1.54) is 31.1 Å². The maximum atomic E-state index is 7.55. The van der Waals surface area contributed by atoms with Crippen LogP contribution in [0.15, 0.2) is 182 Å². The van der Waals surface area contributed by atoms with Gasteiger partial charge in [0.1, 0.15) is 12.2 Å². The lowest BCUT2D eigenvalue weighted by atomic mass is 10.1. The highest BCUT2D eigenvalue weighted by atomic mass is 28.4. The van der Waals surface area contributed by atoms with E-state index in [2.05, 4.69) is 182 Å². The van der Waals surface area contributed by atoms with Crippen LogP contribution in [0.5, 0.6) is 0 Å². The Hall–Kier alpha value is -4.41. The van der Waals surface area contributed by atoms with Crippen molar-refractivity contribution >= 4 is 47.8 Å². The summed E-state index contributed by atoms with van der Waals surface area (Å²) in [7, 11) is -5.94. The summed E-state index contributed by atoms with van der Waals surface area (Å²) in [6, 6.07) is 64.2. The number of rotatable bonds is 10. The summed E-state index contributed by atoms with van der Waals surface area (Å²) in [6.45, 7) is 0.875. The molecule has 0 aromatic heterocycles. The van der Waals surface area contributed by atoms with Gasteiger partial charge in [0, 0.05) is 0 Å². The van der Waals surface area contributed by atoms with Crippen molar-refractivity contribution in [1.29, 1.82) is 0 Å². The van der Waals surface area contributed by atoms with E-state index in [0.29, 0.717) is 13.2 Å². The summed E-state index contributed by atoms with van der Waals surface area (Å²) in [5, 5.41) is 7.17. The first-order valence-corrected chi connectivity index (χ1v) is 20.5. The van der Waals surface area contributed by atoms with Gasteiger partial charge in [-0.05, 0) is 31.1 Å². The minimum absolute atomic E-state index is 0.257. The zero-order valence-corrected chi connectivity index (χ0v) is 28.7. The van der Waals surface area contributed by atoms with Crippen LogP contribution in [-0.4, -0.2) is 54.3 Å². The highest BCUT2D eigenvalue weighted by Gasteiger charge is 2.56. The Kier molecular flexibility index (Phi) is 8.76. The zero-order chi connectivity index (χ0) is 32.2. The molecule has 6 aromatic rings. The molecule has 0 amide bonds. The third-order valence-corrected chi connectivity index (χ3v) is 17.9. The Morgan fingerprint density at radius 2 is 0.542 bits per heavy atom. The smallest absolute Gasteiger partial charge is 0.288 e. The van der Waals surface area contributed by atoms with Gasteiger partial charge in [-0.1, -0.05) is 182 Å². The summed E-state index contributed by atoms with van der Waals surface area (Å²) in [4.78, 5) is 0. The van der Waals surface area contributed by atoms with Crippen molar-refractivity contribution in [2.24, 2.45) is 0 Å². The van der Waals surface area contributed by atoms with Gasteiger partial charge >= 0.3 is 0 Å². The number of ether oxygens (including phenoxy) is 2. The molecule has 0 saturated carbocycles. The molecule has 0 unspecified atom stereocenters. The first kappa shape index (κ1) is 30.9. The van der Waals surface area contributed by atoms with E-state index in [-0.39, 0.29) is 24.4 Å². The molecule has 2 heterocycles. The second-order valence-corrected chi connectivity index (χ2v) is 19.1. The molecule has 2 aliphatic heterocycles. The van der Waals surface area contributed by atoms with Gasteiger partial charge in [0.2, 0.25) is 0 Å². The Labute approximate surface area is 284 Å². The summed E-state index contributed by atoms with van der Waals surface area (Å²) in [5.74, 6) is 0. The SMILES string of the molecule is c1ccc([Si](O[C@@H]2CO[C@H]3[C@@H]2OC[C@H]3O[Si](c2ccccc2)(c2ccccc2)c2ccccc2)(c2ccccc2)c2ccccc2)cc1.